The van der Waals surface area contributed by atoms with Gasteiger partial charge < -0.3 is 15.0 Å². The van der Waals surface area contributed by atoms with Crippen LogP contribution in [0, 0.1) is 0 Å². The number of carbonyl (C=O) groups is 3. The van der Waals surface area contributed by atoms with Crippen molar-refractivity contribution >= 4 is 29.0 Å². The van der Waals surface area contributed by atoms with Gasteiger partial charge in [0.2, 0.25) is 0 Å². The standard InChI is InChI=1S/C20H22N2O4/c1-22(2)17-10-8-16(9-11-17)21-19(24)14-26-20(25)13-12-18(23)15-6-4-3-5-7-15/h3-11H,12-14H2,1-2H3,(H,21,24). The molecule has 0 aliphatic carbocycles. The average molecular weight is 354 g/mol. The van der Waals surface area contributed by atoms with Gasteiger partial charge in [0.1, 0.15) is 0 Å². The van der Waals surface area contributed by atoms with Crippen LogP contribution in [0.2, 0.25) is 0 Å². The van der Waals surface area contributed by atoms with Crippen molar-refractivity contribution in [3.63, 3.8) is 0 Å². The predicted molar refractivity (Wildman–Crippen MR) is 100 cm³/mol. The first-order valence-corrected chi connectivity index (χ1v) is 8.27. The van der Waals surface area contributed by atoms with E-state index >= 15 is 0 Å². The first kappa shape index (κ1) is 19.2. The van der Waals surface area contributed by atoms with E-state index in [-0.39, 0.29) is 25.2 Å². The van der Waals surface area contributed by atoms with Crippen LogP contribution in [-0.2, 0) is 14.3 Å². The van der Waals surface area contributed by atoms with Crippen molar-refractivity contribution in [2.45, 2.75) is 12.8 Å². The molecule has 0 spiro atoms. The van der Waals surface area contributed by atoms with Crippen LogP contribution in [0.3, 0.4) is 0 Å². The number of ketones is 1. The normalized spacial score (nSPS) is 10.1. The molecule has 1 N–H and O–H groups in total. The first-order valence-electron chi connectivity index (χ1n) is 8.27. The molecule has 0 aromatic heterocycles. The summed E-state index contributed by atoms with van der Waals surface area (Å²) >= 11 is 0. The van der Waals surface area contributed by atoms with E-state index in [1.54, 1.807) is 36.4 Å². The maximum absolute atomic E-state index is 11.9. The molecule has 2 rings (SSSR count). The maximum Gasteiger partial charge on any atom is 0.306 e. The molecule has 0 aliphatic rings. The molecular weight excluding hydrogens is 332 g/mol. The van der Waals surface area contributed by atoms with Crippen molar-refractivity contribution in [2.75, 3.05) is 30.9 Å². The summed E-state index contributed by atoms with van der Waals surface area (Å²) in [5.41, 5.74) is 2.19. The molecule has 1 amide bonds. The minimum atomic E-state index is -0.576. The van der Waals surface area contributed by atoms with Crippen LogP contribution < -0.4 is 10.2 Å². The Kier molecular flexibility index (Phi) is 6.91. The van der Waals surface area contributed by atoms with Gasteiger partial charge >= 0.3 is 5.97 Å². The van der Waals surface area contributed by atoms with Crippen LogP contribution in [0.25, 0.3) is 0 Å². The third kappa shape index (κ3) is 6.05. The van der Waals surface area contributed by atoms with E-state index in [2.05, 4.69) is 5.32 Å². The Balaban J connectivity index is 1.71. The third-order valence-corrected chi connectivity index (χ3v) is 3.68. The van der Waals surface area contributed by atoms with E-state index in [4.69, 9.17) is 4.74 Å². The molecule has 0 unspecified atom stereocenters. The fourth-order valence-electron chi connectivity index (χ4n) is 2.24. The lowest BCUT2D eigenvalue weighted by Gasteiger charge is -2.13. The molecule has 0 saturated carbocycles. The number of rotatable bonds is 8. The zero-order chi connectivity index (χ0) is 18.9. The summed E-state index contributed by atoms with van der Waals surface area (Å²) in [6, 6.07) is 16.0. The zero-order valence-corrected chi connectivity index (χ0v) is 14.9. The number of benzene rings is 2. The number of anilines is 2. The lowest BCUT2D eigenvalue weighted by molar-refractivity contribution is -0.147. The topological polar surface area (TPSA) is 75.7 Å². The monoisotopic (exact) mass is 354 g/mol. The summed E-state index contributed by atoms with van der Waals surface area (Å²) in [7, 11) is 3.85. The largest absolute Gasteiger partial charge is 0.456 e. The number of esters is 1. The van der Waals surface area contributed by atoms with Gasteiger partial charge in [-0.2, -0.15) is 0 Å². The highest BCUT2D eigenvalue weighted by molar-refractivity contribution is 5.98. The Morgan fingerprint density at radius 1 is 0.923 bits per heavy atom. The van der Waals surface area contributed by atoms with E-state index in [1.807, 2.05) is 37.2 Å². The van der Waals surface area contributed by atoms with E-state index in [0.29, 0.717) is 11.3 Å². The van der Waals surface area contributed by atoms with Crippen LogP contribution in [0.4, 0.5) is 11.4 Å². The number of nitrogens with zero attached hydrogens (tertiary/aromatic N) is 1. The summed E-state index contributed by atoms with van der Waals surface area (Å²) < 4.78 is 4.91. The van der Waals surface area contributed by atoms with E-state index in [9.17, 15) is 14.4 Å². The molecule has 0 radical (unpaired) electrons. The van der Waals surface area contributed by atoms with Gasteiger partial charge in [-0.25, -0.2) is 0 Å². The van der Waals surface area contributed by atoms with Gasteiger partial charge in [0, 0.05) is 37.5 Å². The van der Waals surface area contributed by atoms with Crippen molar-refractivity contribution in [3.8, 4) is 0 Å². The lowest BCUT2D eigenvalue weighted by atomic mass is 10.1. The second-order valence-corrected chi connectivity index (χ2v) is 5.94. The van der Waals surface area contributed by atoms with Crippen molar-refractivity contribution in [1.82, 2.24) is 0 Å². The highest BCUT2D eigenvalue weighted by Gasteiger charge is 2.12. The van der Waals surface area contributed by atoms with Gasteiger partial charge in [-0.05, 0) is 24.3 Å². The van der Waals surface area contributed by atoms with E-state index in [1.165, 1.54) is 0 Å². The molecule has 0 aliphatic heterocycles. The molecule has 0 bridgehead atoms. The van der Waals surface area contributed by atoms with Crippen LogP contribution >= 0.6 is 0 Å². The van der Waals surface area contributed by atoms with Gasteiger partial charge in [-0.3, -0.25) is 14.4 Å². The van der Waals surface area contributed by atoms with Crippen molar-refractivity contribution in [3.05, 3.63) is 60.2 Å². The molecule has 0 saturated heterocycles. The second-order valence-electron chi connectivity index (χ2n) is 5.94. The van der Waals surface area contributed by atoms with Crippen LogP contribution in [0.15, 0.2) is 54.6 Å². The molecule has 6 nitrogen and oxygen atoms in total. The molecule has 26 heavy (non-hydrogen) atoms. The highest BCUT2D eigenvalue weighted by atomic mass is 16.5. The quantitative estimate of drug-likeness (QED) is 0.583. The van der Waals surface area contributed by atoms with Crippen molar-refractivity contribution in [2.24, 2.45) is 0 Å². The fraction of sp³-hybridized carbons (Fsp3) is 0.250. The van der Waals surface area contributed by atoms with Gasteiger partial charge in [-0.1, -0.05) is 30.3 Å². The number of nitrogens with one attached hydrogen (secondary N) is 1. The molecule has 6 heteroatoms. The Hall–Kier alpha value is -3.15. The number of amides is 1. The Morgan fingerprint density at radius 2 is 1.58 bits per heavy atom. The molecule has 0 heterocycles. The first-order chi connectivity index (χ1) is 12.5. The number of hydrogen-bond donors (Lipinski definition) is 1. The van der Waals surface area contributed by atoms with E-state index < -0.39 is 11.9 Å². The highest BCUT2D eigenvalue weighted by Crippen LogP contribution is 2.15. The molecule has 2 aromatic carbocycles. The summed E-state index contributed by atoms with van der Waals surface area (Å²) in [4.78, 5) is 37.4. The minimum Gasteiger partial charge on any atom is -0.456 e. The number of carbonyl (C=O) groups excluding carboxylic acids is 3. The zero-order valence-electron chi connectivity index (χ0n) is 14.9. The van der Waals surface area contributed by atoms with Gasteiger partial charge in [0.15, 0.2) is 12.4 Å². The second kappa shape index (κ2) is 9.36. The van der Waals surface area contributed by atoms with Gasteiger partial charge in [0.05, 0.1) is 6.42 Å². The van der Waals surface area contributed by atoms with Crippen LogP contribution in [0.1, 0.15) is 23.2 Å². The number of hydrogen-bond acceptors (Lipinski definition) is 5. The molecule has 0 atom stereocenters. The fourth-order valence-corrected chi connectivity index (χ4v) is 2.24. The Morgan fingerprint density at radius 3 is 2.19 bits per heavy atom. The van der Waals surface area contributed by atoms with Crippen molar-refractivity contribution < 1.29 is 19.1 Å². The Bertz CT molecular complexity index is 755. The van der Waals surface area contributed by atoms with Crippen LogP contribution in [-0.4, -0.2) is 38.4 Å². The van der Waals surface area contributed by atoms with Crippen molar-refractivity contribution in [1.29, 1.82) is 0 Å². The molecular formula is C20H22N2O4. The summed E-state index contributed by atoms with van der Waals surface area (Å²) in [6.45, 7) is -0.381. The smallest absolute Gasteiger partial charge is 0.306 e. The van der Waals surface area contributed by atoms with Gasteiger partial charge in [0.25, 0.3) is 5.91 Å². The maximum atomic E-state index is 11.9. The van der Waals surface area contributed by atoms with E-state index in [0.717, 1.165) is 5.69 Å². The summed E-state index contributed by atoms with van der Waals surface area (Å²) in [6.07, 6.45) is -0.00496. The minimum absolute atomic E-state index is 0.0520. The summed E-state index contributed by atoms with van der Waals surface area (Å²) in [5.74, 6) is -1.13. The number of ether oxygens (including phenoxy) is 1. The van der Waals surface area contributed by atoms with Crippen LogP contribution in [0.5, 0.6) is 0 Å². The third-order valence-electron chi connectivity index (χ3n) is 3.68. The SMILES string of the molecule is CN(C)c1ccc(NC(=O)COC(=O)CCC(=O)c2ccccc2)cc1. The predicted octanol–water partition coefficient (Wildman–Crippen LogP) is 2.90. The average Bonchev–Trinajstić information content (AvgIpc) is 2.65. The molecule has 0 fully saturated rings. The van der Waals surface area contributed by atoms with Gasteiger partial charge in [-0.15, -0.1) is 0 Å². The molecule has 2 aromatic rings. The Labute approximate surface area is 152 Å². The molecule has 136 valence electrons. The lowest BCUT2D eigenvalue weighted by Crippen LogP contribution is -2.21. The summed E-state index contributed by atoms with van der Waals surface area (Å²) in [5, 5.41) is 2.65. The number of Topliss-reactive ketones (excluding diaryl/α,β-unsaturated/α-hetero) is 1.